The van der Waals surface area contributed by atoms with Gasteiger partial charge in [-0.3, -0.25) is 14.4 Å². The van der Waals surface area contributed by atoms with Crippen molar-refractivity contribution in [3.63, 3.8) is 0 Å². The summed E-state index contributed by atoms with van der Waals surface area (Å²) in [7, 11) is 0. The molecule has 0 amide bonds. The molecule has 1 aliphatic heterocycles. The molecule has 0 saturated heterocycles. The van der Waals surface area contributed by atoms with Crippen LogP contribution in [0.15, 0.2) is 35.5 Å². The second-order valence-electron chi connectivity index (χ2n) is 13.1. The van der Waals surface area contributed by atoms with Gasteiger partial charge in [0.2, 0.25) is 6.29 Å². The van der Waals surface area contributed by atoms with Crippen LogP contribution in [0.3, 0.4) is 0 Å². The van der Waals surface area contributed by atoms with Crippen LogP contribution in [0.2, 0.25) is 0 Å². The summed E-state index contributed by atoms with van der Waals surface area (Å²) in [6.07, 6.45) is 3.12. The van der Waals surface area contributed by atoms with Gasteiger partial charge in [-0.15, -0.1) is 0 Å². The lowest BCUT2D eigenvalue weighted by molar-refractivity contribution is -0.242. The number of allylic oxidation sites excluding steroid dienone is 3. The van der Waals surface area contributed by atoms with Gasteiger partial charge in [0.1, 0.15) is 18.3 Å². The van der Waals surface area contributed by atoms with Crippen molar-refractivity contribution in [3.8, 4) is 0 Å². The third-order valence-corrected chi connectivity index (χ3v) is 10.8. The Morgan fingerprint density at radius 1 is 1.00 bits per heavy atom. The molecular formula is C30H38O9. The topological polar surface area (TPSA) is 136 Å². The highest BCUT2D eigenvalue weighted by atomic mass is 16.6. The smallest absolute Gasteiger partial charge is 0.333 e. The van der Waals surface area contributed by atoms with E-state index in [1.54, 1.807) is 6.08 Å². The first-order chi connectivity index (χ1) is 18.0. The molecule has 9 nitrogen and oxygen atoms in total. The first-order valence-electron chi connectivity index (χ1n) is 13.6. The Kier molecular flexibility index (Phi) is 6.13. The molecule has 0 aromatic rings. The van der Waals surface area contributed by atoms with Gasteiger partial charge in [0.05, 0.1) is 0 Å². The maximum absolute atomic E-state index is 13.1. The largest absolute Gasteiger partial charge is 0.462 e. The van der Waals surface area contributed by atoms with E-state index in [2.05, 4.69) is 0 Å². The number of ketones is 1. The van der Waals surface area contributed by atoms with Crippen LogP contribution in [0, 0.1) is 39.4 Å². The van der Waals surface area contributed by atoms with Crippen molar-refractivity contribution >= 4 is 23.7 Å². The van der Waals surface area contributed by atoms with Crippen LogP contribution in [-0.4, -0.2) is 58.5 Å². The number of ether oxygens (including phenoxy) is 3. The lowest BCUT2D eigenvalue weighted by Gasteiger charge is -2.68. The van der Waals surface area contributed by atoms with Crippen LogP contribution in [0.4, 0.5) is 0 Å². The number of esters is 3. The Bertz CT molecular complexity index is 1240. The molecule has 2 saturated carbocycles. The Hall–Kier alpha value is -2.78. The fourth-order valence-electron chi connectivity index (χ4n) is 9.19. The SMILES string of the molecule is CC(=O)OC1C(O)C2(C)C(=CCC2C2=CC(=O)OC2O)C2(C)C(OC(C)=O)CC3C(C)(C)C(=O)C=CC3(C)C12. The van der Waals surface area contributed by atoms with Gasteiger partial charge in [0, 0.05) is 53.6 Å². The van der Waals surface area contributed by atoms with E-state index in [0.29, 0.717) is 18.4 Å². The highest BCUT2D eigenvalue weighted by Crippen LogP contribution is 2.73. The highest BCUT2D eigenvalue weighted by molar-refractivity contribution is 5.96. The molecular weight excluding hydrogens is 504 g/mol. The number of fused-ring (bicyclic) bond motifs is 5. The standard InChI is InChI=1S/C30H38O9/c1-14(31)37-21-13-19-27(3,4)20(33)10-11-28(19,5)24-23(38-15(2)32)25(35)29(6)17(8-9-18(29)30(21,24)7)16-12-22(34)39-26(16)36/h9-12,17,19,21,23-26,35-36H,8,13H2,1-7H3. The minimum Gasteiger partial charge on any atom is -0.462 e. The van der Waals surface area contributed by atoms with Gasteiger partial charge in [0.25, 0.3) is 0 Å². The molecule has 10 unspecified atom stereocenters. The average Bonchev–Trinajstić information content (AvgIpc) is 3.34. The van der Waals surface area contributed by atoms with Crippen LogP contribution in [-0.2, 0) is 33.4 Å². The summed E-state index contributed by atoms with van der Waals surface area (Å²) in [5, 5.41) is 22.7. The molecule has 2 N–H and O–H groups in total. The first kappa shape index (κ1) is 27.8. The van der Waals surface area contributed by atoms with Crippen LogP contribution in [0.5, 0.6) is 0 Å². The number of aliphatic hydroxyl groups excluding tert-OH is 2. The average molecular weight is 543 g/mol. The van der Waals surface area contributed by atoms with E-state index in [0.717, 1.165) is 5.57 Å². The van der Waals surface area contributed by atoms with Crippen LogP contribution < -0.4 is 0 Å². The van der Waals surface area contributed by atoms with Gasteiger partial charge in [-0.25, -0.2) is 4.79 Å². The minimum absolute atomic E-state index is 0.0349. The molecule has 0 bridgehead atoms. The number of hydrogen-bond donors (Lipinski definition) is 2. The van der Waals surface area contributed by atoms with E-state index in [1.807, 2.05) is 46.8 Å². The third-order valence-electron chi connectivity index (χ3n) is 10.8. The van der Waals surface area contributed by atoms with Crippen LogP contribution >= 0.6 is 0 Å². The summed E-state index contributed by atoms with van der Waals surface area (Å²) < 4.78 is 17.0. The summed E-state index contributed by atoms with van der Waals surface area (Å²) >= 11 is 0. The van der Waals surface area contributed by atoms with Gasteiger partial charge < -0.3 is 24.4 Å². The lowest BCUT2D eigenvalue weighted by Crippen LogP contribution is -2.72. The molecule has 9 heteroatoms. The third kappa shape index (κ3) is 3.58. The van der Waals surface area contributed by atoms with Crippen molar-refractivity contribution in [2.75, 3.05) is 0 Å². The van der Waals surface area contributed by atoms with Gasteiger partial charge in [-0.1, -0.05) is 52.3 Å². The van der Waals surface area contributed by atoms with Crippen molar-refractivity contribution in [2.45, 2.75) is 85.9 Å². The number of hydrogen-bond acceptors (Lipinski definition) is 9. The van der Waals surface area contributed by atoms with Crippen LogP contribution in [0.1, 0.15) is 61.3 Å². The second-order valence-corrected chi connectivity index (χ2v) is 13.1. The van der Waals surface area contributed by atoms with Gasteiger partial charge in [-0.05, 0) is 30.3 Å². The summed E-state index contributed by atoms with van der Waals surface area (Å²) in [5.41, 5.74) is -2.34. The normalized spacial score (nSPS) is 45.8. The minimum atomic E-state index is -1.44. The predicted octanol–water partition coefficient (Wildman–Crippen LogP) is 2.79. The van der Waals surface area contributed by atoms with Crippen molar-refractivity contribution < 1.29 is 43.6 Å². The molecule has 0 radical (unpaired) electrons. The number of cyclic esters (lactones) is 1. The molecule has 0 spiro atoms. The quantitative estimate of drug-likeness (QED) is 0.313. The van der Waals surface area contributed by atoms with E-state index in [1.165, 1.54) is 19.9 Å². The van der Waals surface area contributed by atoms with Gasteiger partial charge in [0.15, 0.2) is 5.78 Å². The van der Waals surface area contributed by atoms with E-state index < -0.39 is 76.0 Å². The summed E-state index contributed by atoms with van der Waals surface area (Å²) in [5.74, 6) is -3.10. The van der Waals surface area contributed by atoms with Gasteiger partial charge in [-0.2, -0.15) is 0 Å². The molecule has 5 rings (SSSR count). The molecule has 212 valence electrons. The number of carbonyl (C=O) groups is 4. The molecule has 5 aliphatic rings. The second kappa shape index (κ2) is 8.61. The molecule has 4 aliphatic carbocycles. The van der Waals surface area contributed by atoms with Crippen molar-refractivity contribution in [1.82, 2.24) is 0 Å². The molecule has 1 heterocycles. The number of rotatable bonds is 3. The van der Waals surface area contributed by atoms with E-state index in [-0.39, 0.29) is 11.7 Å². The fraction of sp³-hybridized carbons (Fsp3) is 0.667. The zero-order valence-corrected chi connectivity index (χ0v) is 23.5. The summed E-state index contributed by atoms with van der Waals surface area (Å²) in [6, 6.07) is 0. The number of aliphatic hydroxyl groups is 2. The summed E-state index contributed by atoms with van der Waals surface area (Å²) in [4.78, 5) is 50.1. The Morgan fingerprint density at radius 2 is 1.64 bits per heavy atom. The van der Waals surface area contributed by atoms with Gasteiger partial charge >= 0.3 is 17.9 Å². The summed E-state index contributed by atoms with van der Waals surface area (Å²) in [6.45, 7) is 12.3. The Labute approximate surface area is 228 Å². The zero-order valence-electron chi connectivity index (χ0n) is 23.5. The maximum Gasteiger partial charge on any atom is 0.333 e. The van der Waals surface area contributed by atoms with Crippen molar-refractivity contribution in [2.24, 2.45) is 39.4 Å². The maximum atomic E-state index is 13.1. The molecule has 0 aromatic heterocycles. The Balaban J connectivity index is 1.76. The predicted molar refractivity (Wildman–Crippen MR) is 137 cm³/mol. The fourth-order valence-corrected chi connectivity index (χ4v) is 9.19. The zero-order chi connectivity index (χ0) is 28.9. The molecule has 2 fully saturated rings. The highest BCUT2D eigenvalue weighted by Gasteiger charge is 2.74. The molecule has 0 aromatic carbocycles. The van der Waals surface area contributed by atoms with Crippen molar-refractivity contribution in [3.05, 3.63) is 35.5 Å². The van der Waals surface area contributed by atoms with Crippen LogP contribution in [0.25, 0.3) is 0 Å². The van der Waals surface area contributed by atoms with E-state index >= 15 is 0 Å². The number of carbonyl (C=O) groups excluding carboxylic acids is 4. The lowest BCUT2D eigenvalue weighted by atomic mass is 9.37. The molecule has 39 heavy (non-hydrogen) atoms. The monoisotopic (exact) mass is 542 g/mol. The van der Waals surface area contributed by atoms with Crippen molar-refractivity contribution in [1.29, 1.82) is 0 Å². The Morgan fingerprint density at radius 3 is 2.21 bits per heavy atom. The van der Waals surface area contributed by atoms with E-state index in [9.17, 15) is 29.4 Å². The molecule has 10 atom stereocenters. The van der Waals surface area contributed by atoms with E-state index in [4.69, 9.17) is 14.2 Å². The first-order valence-corrected chi connectivity index (χ1v) is 13.6.